The Kier molecular flexibility index (Phi) is 3.32. The minimum Gasteiger partial charge on any atom is -0.339 e. The predicted octanol–water partition coefficient (Wildman–Crippen LogP) is 3.08. The van der Waals surface area contributed by atoms with Gasteiger partial charge in [0.05, 0.1) is 5.69 Å². The van der Waals surface area contributed by atoms with Crippen LogP contribution >= 0.6 is 11.6 Å². The molecule has 4 nitrogen and oxygen atoms in total. The third kappa shape index (κ3) is 2.34. The summed E-state index contributed by atoms with van der Waals surface area (Å²) in [4.78, 5) is 18.3. The van der Waals surface area contributed by atoms with Crippen LogP contribution in [0.4, 0.5) is 11.5 Å². The van der Waals surface area contributed by atoms with E-state index in [2.05, 4.69) is 10.3 Å². The number of hydrogen-bond donors (Lipinski definition) is 1. The van der Waals surface area contributed by atoms with Gasteiger partial charge in [-0.25, -0.2) is 4.98 Å². The summed E-state index contributed by atoms with van der Waals surface area (Å²) in [5.41, 5.74) is 1.83. The number of benzene rings is 1. The Morgan fingerprint density at radius 3 is 2.75 bits per heavy atom. The molecule has 1 atom stereocenters. The number of anilines is 2. The summed E-state index contributed by atoms with van der Waals surface area (Å²) >= 11 is 5.98. The number of nitrogens with one attached hydrogen (secondary N) is 1. The zero-order valence-electron chi connectivity index (χ0n) is 11.0. The molecule has 0 aliphatic carbocycles. The van der Waals surface area contributed by atoms with Crippen molar-refractivity contribution >= 4 is 29.0 Å². The molecule has 102 valence electrons. The standard InChI is InChI=1S/C15H14ClN3O/c1-10-15(20)17-12-7-8-13(16)18-14(12)19(10)9-11-5-3-2-4-6-11/h2-8,10H,9H2,1H3,(H,17,20)/t10-/m0/s1. The third-order valence-electron chi connectivity index (χ3n) is 3.41. The maximum absolute atomic E-state index is 12.0. The number of halogens is 1. The van der Waals surface area contributed by atoms with Gasteiger partial charge in [0.15, 0.2) is 5.82 Å². The van der Waals surface area contributed by atoms with Crippen LogP contribution in [0.15, 0.2) is 42.5 Å². The molecule has 0 bridgehead atoms. The number of fused-ring (bicyclic) bond motifs is 1. The van der Waals surface area contributed by atoms with Crippen LogP contribution in [0.1, 0.15) is 12.5 Å². The fourth-order valence-corrected chi connectivity index (χ4v) is 2.44. The first kappa shape index (κ1) is 12.9. The van der Waals surface area contributed by atoms with E-state index in [-0.39, 0.29) is 11.9 Å². The number of carbonyl (C=O) groups is 1. The summed E-state index contributed by atoms with van der Waals surface area (Å²) in [5, 5.41) is 3.27. The molecule has 20 heavy (non-hydrogen) atoms. The monoisotopic (exact) mass is 287 g/mol. The van der Waals surface area contributed by atoms with E-state index >= 15 is 0 Å². The predicted molar refractivity (Wildman–Crippen MR) is 80.0 cm³/mol. The largest absolute Gasteiger partial charge is 0.339 e. The Morgan fingerprint density at radius 1 is 1.25 bits per heavy atom. The third-order valence-corrected chi connectivity index (χ3v) is 3.62. The summed E-state index contributed by atoms with van der Waals surface area (Å²) in [6, 6.07) is 13.2. The summed E-state index contributed by atoms with van der Waals surface area (Å²) < 4.78 is 0. The van der Waals surface area contributed by atoms with Crippen LogP contribution in [-0.2, 0) is 11.3 Å². The molecule has 0 radical (unpaired) electrons. The number of nitrogens with zero attached hydrogens (tertiary/aromatic N) is 2. The second-order valence-corrected chi connectivity index (χ2v) is 5.17. The van der Waals surface area contributed by atoms with Gasteiger partial charge in [-0.05, 0) is 24.6 Å². The minimum atomic E-state index is -0.284. The van der Waals surface area contributed by atoms with Crippen LogP contribution < -0.4 is 10.2 Å². The average Bonchev–Trinajstić information content (AvgIpc) is 2.46. The lowest BCUT2D eigenvalue weighted by Crippen LogP contribution is -2.46. The summed E-state index contributed by atoms with van der Waals surface area (Å²) in [7, 11) is 0. The maximum Gasteiger partial charge on any atom is 0.246 e. The molecule has 1 aliphatic heterocycles. The van der Waals surface area contributed by atoms with Gasteiger partial charge in [-0.3, -0.25) is 4.79 Å². The number of hydrogen-bond acceptors (Lipinski definition) is 3. The molecule has 0 saturated carbocycles. The smallest absolute Gasteiger partial charge is 0.246 e. The van der Waals surface area contributed by atoms with Crippen LogP contribution in [0.5, 0.6) is 0 Å². The van der Waals surface area contributed by atoms with Crippen LogP contribution in [-0.4, -0.2) is 16.9 Å². The highest BCUT2D eigenvalue weighted by Gasteiger charge is 2.30. The molecule has 0 saturated heterocycles. The van der Waals surface area contributed by atoms with Gasteiger partial charge >= 0.3 is 0 Å². The molecule has 2 heterocycles. The number of rotatable bonds is 2. The van der Waals surface area contributed by atoms with Crippen LogP contribution in [0.25, 0.3) is 0 Å². The van der Waals surface area contributed by atoms with E-state index in [4.69, 9.17) is 11.6 Å². The van der Waals surface area contributed by atoms with Crippen molar-refractivity contribution in [3.05, 3.63) is 53.2 Å². The zero-order valence-corrected chi connectivity index (χ0v) is 11.8. The van der Waals surface area contributed by atoms with Gasteiger partial charge in [-0.2, -0.15) is 0 Å². The minimum absolute atomic E-state index is 0.0300. The zero-order chi connectivity index (χ0) is 14.1. The van der Waals surface area contributed by atoms with E-state index in [1.54, 1.807) is 12.1 Å². The topological polar surface area (TPSA) is 45.2 Å². The quantitative estimate of drug-likeness (QED) is 0.864. The highest BCUT2D eigenvalue weighted by atomic mass is 35.5. The fourth-order valence-electron chi connectivity index (χ4n) is 2.30. The van der Waals surface area contributed by atoms with E-state index in [1.807, 2.05) is 42.2 Å². The van der Waals surface area contributed by atoms with Crippen molar-refractivity contribution in [3.8, 4) is 0 Å². The lowest BCUT2D eigenvalue weighted by molar-refractivity contribution is -0.117. The Bertz CT molecular complexity index is 645. The van der Waals surface area contributed by atoms with E-state index in [9.17, 15) is 4.79 Å². The van der Waals surface area contributed by atoms with E-state index in [0.29, 0.717) is 23.2 Å². The van der Waals surface area contributed by atoms with E-state index in [0.717, 1.165) is 5.56 Å². The van der Waals surface area contributed by atoms with Crippen molar-refractivity contribution < 1.29 is 4.79 Å². The Labute approximate surface area is 122 Å². The number of carbonyl (C=O) groups excluding carboxylic acids is 1. The van der Waals surface area contributed by atoms with Crippen molar-refractivity contribution in [1.29, 1.82) is 0 Å². The van der Waals surface area contributed by atoms with E-state index in [1.165, 1.54) is 0 Å². The molecule has 1 N–H and O–H groups in total. The molecule has 1 aromatic heterocycles. The van der Waals surface area contributed by atoms with Crippen molar-refractivity contribution in [3.63, 3.8) is 0 Å². The molecule has 1 amide bonds. The number of pyridine rings is 1. The van der Waals surface area contributed by atoms with Gasteiger partial charge in [-0.1, -0.05) is 41.9 Å². The summed E-state index contributed by atoms with van der Waals surface area (Å²) in [6.07, 6.45) is 0. The van der Waals surface area contributed by atoms with Gasteiger partial charge in [0, 0.05) is 6.54 Å². The Hall–Kier alpha value is -2.07. The molecule has 1 aliphatic rings. The van der Waals surface area contributed by atoms with Crippen molar-refractivity contribution in [2.45, 2.75) is 19.5 Å². The molecule has 5 heteroatoms. The Morgan fingerprint density at radius 2 is 2.00 bits per heavy atom. The first-order valence-corrected chi connectivity index (χ1v) is 6.81. The van der Waals surface area contributed by atoms with Crippen molar-refractivity contribution in [2.24, 2.45) is 0 Å². The molecule has 1 aromatic carbocycles. The number of aromatic nitrogens is 1. The van der Waals surface area contributed by atoms with Crippen LogP contribution in [0, 0.1) is 0 Å². The summed E-state index contributed by atoms with van der Waals surface area (Å²) in [5.74, 6) is 0.686. The van der Waals surface area contributed by atoms with E-state index < -0.39 is 0 Å². The Balaban J connectivity index is 2.00. The van der Waals surface area contributed by atoms with Crippen LogP contribution in [0.2, 0.25) is 5.15 Å². The van der Waals surface area contributed by atoms with Gasteiger partial charge in [0.25, 0.3) is 0 Å². The van der Waals surface area contributed by atoms with Crippen LogP contribution in [0.3, 0.4) is 0 Å². The highest BCUT2D eigenvalue weighted by Crippen LogP contribution is 2.32. The lowest BCUT2D eigenvalue weighted by Gasteiger charge is -2.35. The normalized spacial score (nSPS) is 17.6. The first-order chi connectivity index (χ1) is 9.65. The van der Waals surface area contributed by atoms with Crippen molar-refractivity contribution in [2.75, 3.05) is 10.2 Å². The summed E-state index contributed by atoms with van der Waals surface area (Å²) in [6.45, 7) is 2.49. The van der Waals surface area contributed by atoms with Gasteiger partial charge in [-0.15, -0.1) is 0 Å². The maximum atomic E-state index is 12.0. The second-order valence-electron chi connectivity index (χ2n) is 4.78. The van der Waals surface area contributed by atoms with Gasteiger partial charge < -0.3 is 10.2 Å². The molecule has 0 unspecified atom stereocenters. The highest BCUT2D eigenvalue weighted by molar-refractivity contribution is 6.29. The van der Waals surface area contributed by atoms with Gasteiger partial charge in [0.2, 0.25) is 5.91 Å². The number of amides is 1. The average molecular weight is 288 g/mol. The molecule has 0 spiro atoms. The molecule has 3 rings (SSSR count). The fraction of sp³-hybridized carbons (Fsp3) is 0.200. The first-order valence-electron chi connectivity index (χ1n) is 6.43. The molecular weight excluding hydrogens is 274 g/mol. The molecule has 2 aromatic rings. The lowest BCUT2D eigenvalue weighted by atomic mass is 10.1. The SMILES string of the molecule is C[C@H]1C(=O)Nc2ccc(Cl)nc2N1Cc1ccccc1. The molecule has 0 fully saturated rings. The second kappa shape index (κ2) is 5.13. The van der Waals surface area contributed by atoms with Crippen molar-refractivity contribution in [1.82, 2.24) is 4.98 Å². The van der Waals surface area contributed by atoms with Gasteiger partial charge in [0.1, 0.15) is 11.2 Å². The molecular formula is C15H14ClN3O.